The van der Waals surface area contributed by atoms with E-state index in [1.165, 1.54) is 22.2 Å². The standard InChI is InChI=1S/C17H18N4O/c1-22-17-8-12(14-4-2-3-5-16(14)19-17)10-21-7-6-15-13(11-21)9-18-20-15/h2-5,8-9H,6-7,10-11H2,1H3,(H,18,20). The molecule has 0 fully saturated rings. The molecular weight excluding hydrogens is 276 g/mol. The van der Waals surface area contributed by atoms with Crippen LogP contribution in [0.4, 0.5) is 0 Å². The number of nitrogens with one attached hydrogen (secondary N) is 1. The van der Waals surface area contributed by atoms with Gasteiger partial charge >= 0.3 is 0 Å². The number of H-pyrrole nitrogens is 1. The molecule has 0 aliphatic carbocycles. The van der Waals surface area contributed by atoms with Gasteiger partial charge in [-0.25, -0.2) is 4.98 Å². The summed E-state index contributed by atoms with van der Waals surface area (Å²) in [5.74, 6) is 0.676. The third kappa shape index (κ3) is 2.33. The van der Waals surface area contributed by atoms with Gasteiger partial charge in [0.1, 0.15) is 0 Å². The lowest BCUT2D eigenvalue weighted by Gasteiger charge is -2.26. The summed E-state index contributed by atoms with van der Waals surface area (Å²) in [5.41, 5.74) is 4.82. The highest BCUT2D eigenvalue weighted by molar-refractivity contribution is 5.82. The molecule has 1 aromatic carbocycles. The maximum Gasteiger partial charge on any atom is 0.213 e. The van der Waals surface area contributed by atoms with Crippen molar-refractivity contribution in [3.05, 3.63) is 53.3 Å². The monoisotopic (exact) mass is 294 g/mol. The number of aromatic amines is 1. The summed E-state index contributed by atoms with van der Waals surface area (Å²) in [6, 6.07) is 10.3. The molecule has 0 amide bonds. The second-order valence-corrected chi connectivity index (χ2v) is 5.68. The Morgan fingerprint density at radius 1 is 1.32 bits per heavy atom. The number of pyridine rings is 1. The van der Waals surface area contributed by atoms with Crippen molar-refractivity contribution in [1.82, 2.24) is 20.1 Å². The molecule has 112 valence electrons. The SMILES string of the molecule is COc1cc(CN2CCc3[nH]ncc3C2)c2ccccc2n1. The molecule has 1 aliphatic heterocycles. The summed E-state index contributed by atoms with van der Waals surface area (Å²) in [5, 5.41) is 8.42. The fourth-order valence-electron chi connectivity index (χ4n) is 3.11. The summed E-state index contributed by atoms with van der Waals surface area (Å²) in [6.07, 6.45) is 2.96. The van der Waals surface area contributed by atoms with Crippen LogP contribution in [0.25, 0.3) is 10.9 Å². The Balaban J connectivity index is 1.67. The minimum Gasteiger partial charge on any atom is -0.481 e. The van der Waals surface area contributed by atoms with E-state index in [1.807, 2.05) is 24.4 Å². The van der Waals surface area contributed by atoms with Crippen LogP contribution in [0, 0.1) is 0 Å². The zero-order chi connectivity index (χ0) is 14.9. The van der Waals surface area contributed by atoms with Crippen LogP contribution in [0.15, 0.2) is 36.5 Å². The van der Waals surface area contributed by atoms with Crippen molar-refractivity contribution in [2.24, 2.45) is 0 Å². The molecule has 3 heterocycles. The number of methoxy groups -OCH3 is 1. The van der Waals surface area contributed by atoms with Gasteiger partial charge in [0.2, 0.25) is 5.88 Å². The van der Waals surface area contributed by atoms with Crippen molar-refractivity contribution < 1.29 is 4.74 Å². The largest absolute Gasteiger partial charge is 0.481 e. The first-order chi connectivity index (χ1) is 10.8. The highest BCUT2D eigenvalue weighted by Gasteiger charge is 2.19. The molecule has 22 heavy (non-hydrogen) atoms. The zero-order valence-electron chi connectivity index (χ0n) is 12.5. The third-order valence-corrected chi connectivity index (χ3v) is 4.26. The minimum absolute atomic E-state index is 0.676. The van der Waals surface area contributed by atoms with Gasteiger partial charge in [-0.3, -0.25) is 10.00 Å². The van der Waals surface area contributed by atoms with Gasteiger partial charge in [-0.1, -0.05) is 18.2 Å². The van der Waals surface area contributed by atoms with Gasteiger partial charge in [-0.2, -0.15) is 5.10 Å². The maximum atomic E-state index is 5.35. The van der Waals surface area contributed by atoms with E-state index >= 15 is 0 Å². The molecule has 0 bridgehead atoms. The fraction of sp³-hybridized carbons (Fsp3) is 0.294. The van der Waals surface area contributed by atoms with E-state index in [2.05, 4.69) is 32.2 Å². The lowest BCUT2D eigenvalue weighted by molar-refractivity contribution is 0.245. The van der Waals surface area contributed by atoms with E-state index in [0.29, 0.717) is 5.88 Å². The van der Waals surface area contributed by atoms with Gasteiger partial charge in [0, 0.05) is 48.8 Å². The van der Waals surface area contributed by atoms with Crippen LogP contribution < -0.4 is 4.74 Å². The van der Waals surface area contributed by atoms with Gasteiger partial charge in [0.05, 0.1) is 18.8 Å². The van der Waals surface area contributed by atoms with E-state index < -0.39 is 0 Å². The van der Waals surface area contributed by atoms with Crippen LogP contribution in [0.2, 0.25) is 0 Å². The Labute approximate surface area is 128 Å². The van der Waals surface area contributed by atoms with Gasteiger partial charge < -0.3 is 4.74 Å². The number of hydrogen-bond donors (Lipinski definition) is 1. The highest BCUT2D eigenvalue weighted by atomic mass is 16.5. The first kappa shape index (κ1) is 13.3. The lowest BCUT2D eigenvalue weighted by Crippen LogP contribution is -2.29. The molecule has 1 N–H and O–H groups in total. The topological polar surface area (TPSA) is 54.0 Å². The van der Waals surface area contributed by atoms with E-state index in [1.54, 1.807) is 7.11 Å². The van der Waals surface area contributed by atoms with Crippen LogP contribution >= 0.6 is 0 Å². The second kappa shape index (κ2) is 5.42. The molecule has 0 saturated carbocycles. The van der Waals surface area contributed by atoms with Gasteiger partial charge in [0.15, 0.2) is 0 Å². The number of nitrogens with zero attached hydrogens (tertiary/aromatic N) is 3. The Bertz CT molecular complexity index is 811. The lowest BCUT2D eigenvalue weighted by atomic mass is 10.1. The Morgan fingerprint density at radius 2 is 2.23 bits per heavy atom. The molecule has 3 aromatic rings. The molecule has 0 atom stereocenters. The fourth-order valence-corrected chi connectivity index (χ4v) is 3.11. The van der Waals surface area contributed by atoms with E-state index in [-0.39, 0.29) is 0 Å². The van der Waals surface area contributed by atoms with E-state index in [4.69, 9.17) is 4.74 Å². The number of para-hydroxylation sites is 1. The van der Waals surface area contributed by atoms with Crippen molar-refractivity contribution in [2.75, 3.05) is 13.7 Å². The van der Waals surface area contributed by atoms with Crippen molar-refractivity contribution >= 4 is 10.9 Å². The average molecular weight is 294 g/mol. The number of hydrogen-bond acceptors (Lipinski definition) is 4. The van der Waals surface area contributed by atoms with Gasteiger partial charge in [-0.15, -0.1) is 0 Å². The van der Waals surface area contributed by atoms with Crippen molar-refractivity contribution in [1.29, 1.82) is 0 Å². The van der Waals surface area contributed by atoms with E-state index in [9.17, 15) is 0 Å². The molecule has 0 unspecified atom stereocenters. The number of rotatable bonds is 3. The molecule has 2 aromatic heterocycles. The zero-order valence-corrected chi connectivity index (χ0v) is 12.5. The first-order valence-electron chi connectivity index (χ1n) is 7.49. The molecule has 4 rings (SSSR count). The summed E-state index contributed by atoms with van der Waals surface area (Å²) in [7, 11) is 1.67. The first-order valence-corrected chi connectivity index (χ1v) is 7.49. The summed E-state index contributed by atoms with van der Waals surface area (Å²) in [4.78, 5) is 6.96. The number of ether oxygens (including phenoxy) is 1. The molecular formula is C17H18N4O. The molecule has 5 heteroatoms. The smallest absolute Gasteiger partial charge is 0.213 e. The summed E-state index contributed by atoms with van der Waals surface area (Å²) < 4.78 is 5.35. The van der Waals surface area contributed by atoms with Crippen molar-refractivity contribution in [2.45, 2.75) is 19.5 Å². The van der Waals surface area contributed by atoms with Crippen molar-refractivity contribution in [3.63, 3.8) is 0 Å². The number of benzene rings is 1. The highest BCUT2D eigenvalue weighted by Crippen LogP contribution is 2.25. The average Bonchev–Trinajstić information content (AvgIpc) is 3.02. The predicted octanol–water partition coefficient (Wildman–Crippen LogP) is 2.52. The van der Waals surface area contributed by atoms with Crippen LogP contribution in [0.5, 0.6) is 5.88 Å². The van der Waals surface area contributed by atoms with E-state index in [0.717, 1.165) is 31.6 Å². The molecule has 5 nitrogen and oxygen atoms in total. The quantitative estimate of drug-likeness (QED) is 0.806. The normalized spacial score (nSPS) is 15.0. The maximum absolute atomic E-state index is 5.35. The Morgan fingerprint density at radius 3 is 3.14 bits per heavy atom. The minimum atomic E-state index is 0.676. The number of aromatic nitrogens is 3. The van der Waals surface area contributed by atoms with Crippen LogP contribution in [0.1, 0.15) is 16.8 Å². The predicted molar refractivity (Wildman–Crippen MR) is 84.7 cm³/mol. The van der Waals surface area contributed by atoms with Crippen LogP contribution in [-0.2, 0) is 19.5 Å². The molecule has 0 spiro atoms. The summed E-state index contributed by atoms with van der Waals surface area (Å²) in [6.45, 7) is 2.86. The molecule has 1 aliphatic rings. The van der Waals surface area contributed by atoms with Crippen LogP contribution in [0.3, 0.4) is 0 Å². The molecule has 0 radical (unpaired) electrons. The summed E-state index contributed by atoms with van der Waals surface area (Å²) >= 11 is 0. The van der Waals surface area contributed by atoms with Gasteiger partial charge in [0.25, 0.3) is 0 Å². The number of fused-ring (bicyclic) bond motifs is 2. The molecule has 0 saturated heterocycles. The van der Waals surface area contributed by atoms with Gasteiger partial charge in [-0.05, 0) is 11.6 Å². The van der Waals surface area contributed by atoms with Crippen LogP contribution in [-0.4, -0.2) is 33.7 Å². The second-order valence-electron chi connectivity index (χ2n) is 5.68. The third-order valence-electron chi connectivity index (χ3n) is 4.26. The Kier molecular flexibility index (Phi) is 3.27. The van der Waals surface area contributed by atoms with Crippen molar-refractivity contribution in [3.8, 4) is 5.88 Å². The Hall–Kier alpha value is -2.40.